The molecule has 118 valence electrons. The van der Waals surface area contributed by atoms with E-state index >= 15 is 0 Å². The van der Waals surface area contributed by atoms with E-state index in [1.165, 1.54) is 6.07 Å². The Hall–Kier alpha value is -1.87. The van der Waals surface area contributed by atoms with E-state index in [-0.39, 0.29) is 29.7 Å². The number of benzene rings is 1. The Kier molecular flexibility index (Phi) is 5.91. The summed E-state index contributed by atoms with van der Waals surface area (Å²) in [5.41, 5.74) is 5.22. The highest BCUT2D eigenvalue weighted by Gasteiger charge is 2.14. The molecule has 0 fully saturated rings. The maximum Gasteiger partial charge on any atom is 0.235 e. The molecule has 0 amide bonds. The Bertz CT molecular complexity index is 617. The van der Waals surface area contributed by atoms with E-state index in [0.29, 0.717) is 0 Å². The summed E-state index contributed by atoms with van der Waals surface area (Å²) in [5.74, 6) is -1.41. The Morgan fingerprint density at radius 3 is 2.76 bits per heavy atom. The van der Waals surface area contributed by atoms with Gasteiger partial charge >= 0.3 is 0 Å². The van der Waals surface area contributed by atoms with Crippen LogP contribution in [0.4, 0.5) is 10.1 Å². The first-order valence-electron chi connectivity index (χ1n) is 6.14. The lowest BCUT2D eigenvalue weighted by Crippen LogP contribution is -2.22. The third-order valence-electron chi connectivity index (χ3n) is 2.43. The summed E-state index contributed by atoms with van der Waals surface area (Å²) in [5, 5.41) is 11.2. The molecule has 7 nitrogen and oxygen atoms in total. The number of ether oxygens (including phenoxy) is 1. The van der Waals surface area contributed by atoms with Crippen LogP contribution in [-0.2, 0) is 14.8 Å². The van der Waals surface area contributed by atoms with Crippen molar-refractivity contribution in [3.05, 3.63) is 29.6 Å². The van der Waals surface area contributed by atoms with Gasteiger partial charge in [0.15, 0.2) is 5.84 Å². The van der Waals surface area contributed by atoms with Crippen LogP contribution in [0.1, 0.15) is 19.4 Å². The normalized spacial score (nSPS) is 12.7. The van der Waals surface area contributed by atoms with Crippen molar-refractivity contribution in [1.29, 1.82) is 0 Å². The number of oxime groups is 1. The van der Waals surface area contributed by atoms with Crippen molar-refractivity contribution in [1.82, 2.24) is 0 Å². The quantitative estimate of drug-likeness (QED) is 0.301. The van der Waals surface area contributed by atoms with E-state index in [0.717, 1.165) is 12.1 Å². The van der Waals surface area contributed by atoms with Crippen molar-refractivity contribution in [2.24, 2.45) is 10.9 Å². The van der Waals surface area contributed by atoms with Gasteiger partial charge in [-0.25, -0.2) is 12.8 Å². The highest BCUT2D eigenvalue weighted by atomic mass is 32.2. The number of nitrogens with two attached hydrogens (primary N) is 1. The van der Waals surface area contributed by atoms with Crippen molar-refractivity contribution in [2.75, 3.05) is 17.1 Å². The highest BCUT2D eigenvalue weighted by Crippen LogP contribution is 2.16. The molecule has 0 heterocycles. The monoisotopic (exact) mass is 319 g/mol. The molecule has 0 aliphatic rings. The zero-order valence-electron chi connectivity index (χ0n) is 11.7. The number of nitrogens with one attached hydrogen (secondary N) is 1. The Balaban J connectivity index is 2.83. The minimum absolute atomic E-state index is 0.0429. The van der Waals surface area contributed by atoms with Crippen molar-refractivity contribution in [3.63, 3.8) is 0 Å². The average Bonchev–Trinajstić information content (AvgIpc) is 2.39. The number of nitrogens with zero attached hydrogens (tertiary/aromatic N) is 1. The first-order valence-corrected chi connectivity index (χ1v) is 7.80. The number of anilines is 1. The Labute approximate surface area is 122 Å². The fraction of sp³-hybridized carbons (Fsp3) is 0.417. The van der Waals surface area contributed by atoms with Crippen LogP contribution in [0.15, 0.2) is 23.4 Å². The largest absolute Gasteiger partial charge is 0.409 e. The Morgan fingerprint density at radius 2 is 2.19 bits per heavy atom. The molecule has 0 spiro atoms. The fourth-order valence-corrected chi connectivity index (χ4v) is 2.37. The van der Waals surface area contributed by atoms with Crippen molar-refractivity contribution >= 4 is 21.5 Å². The first kappa shape index (κ1) is 17.2. The second kappa shape index (κ2) is 7.23. The maximum atomic E-state index is 13.5. The summed E-state index contributed by atoms with van der Waals surface area (Å²) in [6, 6.07) is 3.41. The summed E-state index contributed by atoms with van der Waals surface area (Å²) in [7, 11) is -3.63. The van der Waals surface area contributed by atoms with Gasteiger partial charge in [0.05, 0.1) is 24.0 Å². The van der Waals surface area contributed by atoms with Gasteiger partial charge in [-0.05, 0) is 32.0 Å². The van der Waals surface area contributed by atoms with E-state index in [4.69, 9.17) is 15.7 Å². The van der Waals surface area contributed by atoms with E-state index in [2.05, 4.69) is 9.88 Å². The van der Waals surface area contributed by atoms with Crippen LogP contribution in [0, 0.1) is 5.82 Å². The molecule has 0 saturated heterocycles. The molecule has 0 aromatic heterocycles. The van der Waals surface area contributed by atoms with E-state index in [1.807, 2.05) is 0 Å². The molecule has 0 aliphatic carbocycles. The molecule has 0 saturated carbocycles. The second-order valence-corrected chi connectivity index (χ2v) is 6.36. The van der Waals surface area contributed by atoms with Crippen LogP contribution < -0.4 is 10.5 Å². The Morgan fingerprint density at radius 1 is 1.52 bits per heavy atom. The molecule has 1 aromatic carbocycles. The minimum Gasteiger partial charge on any atom is -0.409 e. The molecule has 1 aromatic rings. The molecule has 9 heteroatoms. The summed E-state index contributed by atoms with van der Waals surface area (Å²) >= 11 is 0. The van der Waals surface area contributed by atoms with Crippen molar-refractivity contribution in [3.8, 4) is 0 Å². The number of hydrogen-bond acceptors (Lipinski definition) is 5. The van der Waals surface area contributed by atoms with Gasteiger partial charge in [-0.2, -0.15) is 0 Å². The van der Waals surface area contributed by atoms with E-state index < -0.39 is 21.7 Å². The van der Waals surface area contributed by atoms with Crippen LogP contribution >= 0.6 is 0 Å². The maximum absolute atomic E-state index is 13.5. The van der Waals surface area contributed by atoms with Crippen LogP contribution in [0.5, 0.6) is 0 Å². The molecule has 0 unspecified atom stereocenters. The lowest BCUT2D eigenvalue weighted by Gasteiger charge is -2.11. The molecule has 0 aliphatic heterocycles. The van der Waals surface area contributed by atoms with E-state index in [9.17, 15) is 12.8 Å². The molecule has 4 N–H and O–H groups in total. The van der Waals surface area contributed by atoms with Gasteiger partial charge in [0.1, 0.15) is 5.82 Å². The van der Waals surface area contributed by atoms with Gasteiger partial charge in [0.25, 0.3) is 0 Å². The molecule has 0 atom stereocenters. The van der Waals surface area contributed by atoms with Gasteiger partial charge < -0.3 is 15.7 Å². The first-order chi connectivity index (χ1) is 9.75. The number of rotatable bonds is 7. The lowest BCUT2D eigenvalue weighted by molar-refractivity contribution is 0.0913. The predicted octanol–water partition coefficient (Wildman–Crippen LogP) is 1.09. The zero-order valence-corrected chi connectivity index (χ0v) is 12.5. The summed E-state index contributed by atoms with van der Waals surface area (Å²) in [6.45, 7) is 3.63. The average molecular weight is 319 g/mol. The molecular weight excluding hydrogens is 301 g/mol. The van der Waals surface area contributed by atoms with Crippen LogP contribution in [0.25, 0.3) is 0 Å². The topological polar surface area (TPSA) is 114 Å². The number of amidine groups is 1. The smallest absolute Gasteiger partial charge is 0.235 e. The summed E-state index contributed by atoms with van der Waals surface area (Å²) in [4.78, 5) is 0. The predicted molar refractivity (Wildman–Crippen MR) is 77.4 cm³/mol. The van der Waals surface area contributed by atoms with Crippen LogP contribution in [-0.4, -0.2) is 37.9 Å². The SMILES string of the molecule is CC(C)OCCS(=O)(=O)Nc1ccc(F)c(C(N)=NO)c1. The van der Waals surface area contributed by atoms with E-state index in [1.54, 1.807) is 13.8 Å². The van der Waals surface area contributed by atoms with Gasteiger partial charge in [-0.15, -0.1) is 0 Å². The van der Waals surface area contributed by atoms with Crippen LogP contribution in [0.2, 0.25) is 0 Å². The van der Waals surface area contributed by atoms with Gasteiger partial charge in [0.2, 0.25) is 10.0 Å². The number of halogens is 1. The molecule has 21 heavy (non-hydrogen) atoms. The molecular formula is C12H18FN3O4S. The fourth-order valence-electron chi connectivity index (χ4n) is 1.46. The highest BCUT2D eigenvalue weighted by molar-refractivity contribution is 7.92. The number of sulfonamides is 1. The van der Waals surface area contributed by atoms with Crippen molar-refractivity contribution in [2.45, 2.75) is 20.0 Å². The standard InChI is InChI=1S/C12H18FN3O4S/c1-8(2)20-5-6-21(18,19)16-9-3-4-11(13)10(7-9)12(14)15-17/h3-4,7-8,16-17H,5-6H2,1-2H3,(H2,14,15). The molecule has 0 bridgehead atoms. The third-order valence-corrected chi connectivity index (χ3v) is 3.68. The second-order valence-electron chi connectivity index (χ2n) is 4.52. The number of hydrogen-bond donors (Lipinski definition) is 3. The zero-order chi connectivity index (χ0) is 16.0. The lowest BCUT2D eigenvalue weighted by atomic mass is 10.2. The van der Waals surface area contributed by atoms with Gasteiger partial charge in [-0.3, -0.25) is 4.72 Å². The molecule has 1 rings (SSSR count). The van der Waals surface area contributed by atoms with Crippen molar-refractivity contribution < 1.29 is 22.8 Å². The third kappa shape index (κ3) is 5.56. The summed E-state index contributed by atoms with van der Waals surface area (Å²) in [6.07, 6.45) is -0.0711. The molecule has 0 radical (unpaired) electrons. The van der Waals surface area contributed by atoms with Crippen LogP contribution in [0.3, 0.4) is 0 Å². The summed E-state index contributed by atoms with van der Waals surface area (Å²) < 4.78 is 44.5. The van der Waals surface area contributed by atoms with Gasteiger partial charge in [-0.1, -0.05) is 5.16 Å². The van der Waals surface area contributed by atoms with Gasteiger partial charge in [0, 0.05) is 5.69 Å². The minimum atomic E-state index is -3.63.